The third kappa shape index (κ3) is 5.85. The molecule has 3 aromatic rings. The van der Waals surface area contributed by atoms with E-state index < -0.39 is 17.3 Å². The van der Waals surface area contributed by atoms with Crippen molar-refractivity contribution >= 4 is 33.4 Å². The minimum atomic E-state index is -0.546. The number of rotatable bonds is 8. The zero-order valence-corrected chi connectivity index (χ0v) is 20.4. The number of amides is 2. The molecule has 0 bridgehead atoms. The zero-order chi connectivity index (χ0) is 24.9. The fourth-order valence-electron chi connectivity index (χ4n) is 4.05. The molecule has 9 nitrogen and oxygen atoms in total. The smallest absolute Gasteiger partial charge is 0.287 e. The fourth-order valence-corrected chi connectivity index (χ4v) is 4.98. The summed E-state index contributed by atoms with van der Waals surface area (Å²) in [6, 6.07) is 4.29. The highest BCUT2D eigenvalue weighted by Crippen LogP contribution is 2.23. The number of H-pyrrole nitrogens is 1. The Hall–Kier alpha value is -3.31. The summed E-state index contributed by atoms with van der Waals surface area (Å²) in [6.45, 7) is 4.02. The maximum Gasteiger partial charge on any atom is 0.287 e. The van der Waals surface area contributed by atoms with Crippen molar-refractivity contribution in [2.45, 2.75) is 32.9 Å². The summed E-state index contributed by atoms with van der Waals surface area (Å²) in [7, 11) is 1.37. The first-order chi connectivity index (χ1) is 16.9. The van der Waals surface area contributed by atoms with Crippen molar-refractivity contribution in [1.29, 1.82) is 0 Å². The van der Waals surface area contributed by atoms with E-state index in [4.69, 9.17) is 9.47 Å². The van der Waals surface area contributed by atoms with Crippen LogP contribution in [0.2, 0.25) is 0 Å². The number of likely N-dealkylation sites (tertiary alicyclic amines) is 1. The lowest BCUT2D eigenvalue weighted by Gasteiger charge is -2.31. The molecule has 1 saturated heterocycles. The van der Waals surface area contributed by atoms with E-state index in [1.54, 1.807) is 6.92 Å². The van der Waals surface area contributed by atoms with Crippen molar-refractivity contribution in [1.82, 2.24) is 20.2 Å². The Morgan fingerprint density at radius 2 is 2.09 bits per heavy atom. The maximum atomic E-state index is 13.6. The Bertz CT molecular complexity index is 1280. The largest absolute Gasteiger partial charge is 0.494 e. The number of aromatic amines is 1. The highest BCUT2D eigenvalue weighted by Gasteiger charge is 2.21. The second-order valence-electron chi connectivity index (χ2n) is 8.47. The SMILES string of the molecule is COc1cc(CNC(=O)c2nc3scc(COCC4CCN(C(C)=O)CC4)c3c(=O)[nH]2)ccc1F. The lowest BCUT2D eigenvalue weighted by Crippen LogP contribution is -2.38. The highest BCUT2D eigenvalue weighted by molar-refractivity contribution is 7.16. The topological polar surface area (TPSA) is 114 Å². The van der Waals surface area contributed by atoms with Crippen LogP contribution in [0.3, 0.4) is 0 Å². The second-order valence-corrected chi connectivity index (χ2v) is 9.33. The molecule has 0 radical (unpaired) electrons. The van der Waals surface area contributed by atoms with Crippen LogP contribution in [0.25, 0.3) is 10.2 Å². The van der Waals surface area contributed by atoms with Gasteiger partial charge in [0.25, 0.3) is 11.5 Å². The van der Waals surface area contributed by atoms with Crippen LogP contribution in [0.4, 0.5) is 4.39 Å². The minimum Gasteiger partial charge on any atom is -0.494 e. The van der Waals surface area contributed by atoms with Gasteiger partial charge in [-0.1, -0.05) is 6.07 Å². The third-order valence-corrected chi connectivity index (χ3v) is 7.00. The molecule has 11 heteroatoms. The van der Waals surface area contributed by atoms with E-state index in [-0.39, 0.29) is 30.6 Å². The van der Waals surface area contributed by atoms with Gasteiger partial charge in [0, 0.05) is 38.7 Å². The number of piperidine rings is 1. The van der Waals surface area contributed by atoms with Crippen molar-refractivity contribution in [2.75, 3.05) is 26.8 Å². The third-order valence-electron chi connectivity index (χ3n) is 6.07. The summed E-state index contributed by atoms with van der Waals surface area (Å²) in [4.78, 5) is 45.9. The van der Waals surface area contributed by atoms with Gasteiger partial charge in [0.2, 0.25) is 11.7 Å². The molecule has 186 valence electrons. The number of benzene rings is 1. The van der Waals surface area contributed by atoms with Crippen LogP contribution < -0.4 is 15.6 Å². The molecule has 35 heavy (non-hydrogen) atoms. The average Bonchev–Trinajstić information content (AvgIpc) is 3.27. The first kappa shape index (κ1) is 24.8. The zero-order valence-electron chi connectivity index (χ0n) is 19.6. The molecule has 0 saturated carbocycles. The van der Waals surface area contributed by atoms with Gasteiger partial charge in [-0.15, -0.1) is 11.3 Å². The molecule has 1 fully saturated rings. The van der Waals surface area contributed by atoms with Crippen molar-refractivity contribution < 1.29 is 23.5 Å². The molecule has 0 aliphatic carbocycles. The van der Waals surface area contributed by atoms with E-state index in [9.17, 15) is 18.8 Å². The van der Waals surface area contributed by atoms with Crippen LogP contribution in [0, 0.1) is 11.7 Å². The number of hydrogen-bond acceptors (Lipinski definition) is 7. The molecule has 3 heterocycles. The molecule has 1 aliphatic rings. The Morgan fingerprint density at radius 3 is 2.80 bits per heavy atom. The number of methoxy groups -OCH3 is 1. The Balaban J connectivity index is 1.35. The standard InChI is InChI=1S/C24H27FN4O5S/c1-14(30)29-7-5-15(6-8-29)11-34-12-17-13-35-24-20(17)22(31)27-21(28-24)23(32)26-10-16-3-4-18(25)19(9-16)33-2/h3-4,9,13,15H,5-8,10-12H2,1-2H3,(H,26,32)(H,27,28,31). The van der Waals surface area contributed by atoms with Crippen molar-refractivity contribution in [3.63, 3.8) is 0 Å². The van der Waals surface area contributed by atoms with Crippen molar-refractivity contribution in [2.24, 2.45) is 5.92 Å². The molecular weight excluding hydrogens is 475 g/mol. The number of aromatic nitrogens is 2. The predicted octanol–water partition coefficient (Wildman–Crippen LogP) is 2.84. The van der Waals surface area contributed by atoms with Gasteiger partial charge in [-0.3, -0.25) is 14.4 Å². The van der Waals surface area contributed by atoms with Gasteiger partial charge in [-0.2, -0.15) is 0 Å². The number of thiophene rings is 1. The summed E-state index contributed by atoms with van der Waals surface area (Å²) in [5, 5.41) is 4.91. The molecular formula is C24H27FN4O5S. The molecule has 4 rings (SSSR count). The predicted molar refractivity (Wildman–Crippen MR) is 129 cm³/mol. The normalized spacial score (nSPS) is 14.3. The molecule has 2 amide bonds. The lowest BCUT2D eigenvalue weighted by molar-refractivity contribution is -0.130. The quantitative estimate of drug-likeness (QED) is 0.490. The summed E-state index contributed by atoms with van der Waals surface area (Å²) in [5.41, 5.74) is 0.964. The number of halogens is 1. The molecule has 0 unspecified atom stereocenters. The van der Waals surface area contributed by atoms with Gasteiger partial charge in [0.1, 0.15) is 4.83 Å². The van der Waals surface area contributed by atoms with Crippen molar-refractivity contribution in [3.05, 3.63) is 56.7 Å². The van der Waals surface area contributed by atoms with Gasteiger partial charge in [0.15, 0.2) is 11.6 Å². The summed E-state index contributed by atoms with van der Waals surface area (Å²) < 4.78 is 24.4. The average molecular weight is 503 g/mol. The number of nitrogens with zero attached hydrogens (tertiary/aromatic N) is 2. The van der Waals surface area contributed by atoms with Gasteiger partial charge >= 0.3 is 0 Å². The first-order valence-corrected chi connectivity index (χ1v) is 12.2. The van der Waals surface area contributed by atoms with E-state index in [1.807, 2.05) is 10.3 Å². The van der Waals surface area contributed by atoms with E-state index in [1.165, 1.54) is 36.6 Å². The van der Waals surface area contributed by atoms with E-state index in [0.717, 1.165) is 31.5 Å². The highest BCUT2D eigenvalue weighted by atomic mass is 32.1. The van der Waals surface area contributed by atoms with Gasteiger partial charge in [-0.05, 0) is 41.8 Å². The number of hydrogen-bond donors (Lipinski definition) is 2. The van der Waals surface area contributed by atoms with Crippen LogP contribution in [0.15, 0.2) is 28.4 Å². The maximum absolute atomic E-state index is 13.6. The van der Waals surface area contributed by atoms with Crippen LogP contribution in [-0.4, -0.2) is 53.5 Å². The number of carbonyl (C=O) groups is 2. The monoisotopic (exact) mass is 502 g/mol. The molecule has 0 atom stereocenters. The van der Waals surface area contributed by atoms with Gasteiger partial charge < -0.3 is 24.7 Å². The molecule has 1 aliphatic heterocycles. The minimum absolute atomic E-state index is 0.0829. The fraction of sp³-hybridized carbons (Fsp3) is 0.417. The Labute approximate surface area is 205 Å². The second kappa shape index (κ2) is 11.0. The van der Waals surface area contributed by atoms with E-state index in [2.05, 4.69) is 15.3 Å². The van der Waals surface area contributed by atoms with Crippen LogP contribution in [0.1, 0.15) is 41.5 Å². The molecule has 1 aromatic carbocycles. The van der Waals surface area contributed by atoms with Crippen LogP contribution in [-0.2, 0) is 22.7 Å². The van der Waals surface area contributed by atoms with E-state index in [0.29, 0.717) is 28.3 Å². The summed E-state index contributed by atoms with van der Waals surface area (Å²) >= 11 is 1.28. The van der Waals surface area contributed by atoms with Gasteiger partial charge in [-0.25, -0.2) is 9.37 Å². The first-order valence-electron chi connectivity index (χ1n) is 11.3. The summed E-state index contributed by atoms with van der Waals surface area (Å²) in [6.07, 6.45) is 1.80. The number of ether oxygens (including phenoxy) is 2. The number of nitrogens with one attached hydrogen (secondary N) is 2. The summed E-state index contributed by atoms with van der Waals surface area (Å²) in [5.74, 6) is -0.569. The number of fused-ring (bicyclic) bond motifs is 1. The number of carbonyl (C=O) groups excluding carboxylic acids is 2. The lowest BCUT2D eigenvalue weighted by atomic mass is 9.98. The van der Waals surface area contributed by atoms with Gasteiger partial charge in [0.05, 0.1) is 19.1 Å². The van der Waals surface area contributed by atoms with Crippen molar-refractivity contribution in [3.8, 4) is 5.75 Å². The Morgan fingerprint density at radius 1 is 1.31 bits per heavy atom. The van der Waals surface area contributed by atoms with E-state index >= 15 is 0 Å². The van der Waals surface area contributed by atoms with Crippen LogP contribution >= 0.6 is 11.3 Å². The molecule has 0 spiro atoms. The molecule has 2 N–H and O–H groups in total. The Kier molecular flexibility index (Phi) is 7.76. The van der Waals surface area contributed by atoms with Crippen LogP contribution in [0.5, 0.6) is 5.75 Å². The molecule has 2 aromatic heterocycles.